The maximum absolute atomic E-state index is 11.8. The number of carbonyl (C=O) groups excluding carboxylic acids is 1. The Hall–Kier alpha value is -2.11. The number of rotatable bonds is 4. The number of aliphatic carboxylic acids is 1. The summed E-state index contributed by atoms with van der Waals surface area (Å²) in [5.41, 5.74) is 4.75. The normalized spacial score (nSPS) is 31.5. The van der Waals surface area contributed by atoms with Gasteiger partial charge in [0.05, 0.1) is 0 Å². The number of aromatic nitrogens is 1. The van der Waals surface area contributed by atoms with Gasteiger partial charge in [-0.15, -0.1) is 0 Å². The number of pyridine rings is 1. The Morgan fingerprint density at radius 3 is 2.32 bits per heavy atom. The quantitative estimate of drug-likeness (QED) is 0.323. The number of hydrogen-bond acceptors (Lipinski definition) is 8. The summed E-state index contributed by atoms with van der Waals surface area (Å²) >= 11 is 0. The van der Waals surface area contributed by atoms with Crippen LogP contribution in [0.3, 0.4) is 0 Å². The SMILES string of the molecule is O=C(NN[C@@H]1O[C@H](C(=O)O)[C@@H](O)[C@H](O)[C@H]1O)c1ccncc1. The van der Waals surface area contributed by atoms with Crippen molar-refractivity contribution in [3.8, 4) is 0 Å². The van der Waals surface area contributed by atoms with Gasteiger partial charge in [0.1, 0.15) is 18.3 Å². The smallest absolute Gasteiger partial charge is 0.335 e. The van der Waals surface area contributed by atoms with E-state index >= 15 is 0 Å². The van der Waals surface area contributed by atoms with Crippen molar-refractivity contribution in [2.24, 2.45) is 0 Å². The maximum Gasteiger partial charge on any atom is 0.335 e. The van der Waals surface area contributed by atoms with Crippen LogP contribution < -0.4 is 10.9 Å². The third-order valence-electron chi connectivity index (χ3n) is 3.13. The molecule has 2 rings (SSSR count). The monoisotopic (exact) mass is 313 g/mol. The van der Waals surface area contributed by atoms with Crippen molar-refractivity contribution in [2.75, 3.05) is 0 Å². The van der Waals surface area contributed by atoms with Crippen molar-refractivity contribution in [3.63, 3.8) is 0 Å². The van der Waals surface area contributed by atoms with Crippen molar-refractivity contribution in [1.29, 1.82) is 0 Å². The minimum absolute atomic E-state index is 0.267. The molecule has 0 aromatic carbocycles. The first-order valence-electron chi connectivity index (χ1n) is 6.30. The highest BCUT2D eigenvalue weighted by Crippen LogP contribution is 2.19. The van der Waals surface area contributed by atoms with E-state index < -0.39 is 42.5 Å². The number of hydrogen-bond donors (Lipinski definition) is 6. The Labute approximate surface area is 124 Å². The number of nitrogens with one attached hydrogen (secondary N) is 2. The van der Waals surface area contributed by atoms with Crippen LogP contribution in [0, 0.1) is 0 Å². The van der Waals surface area contributed by atoms with E-state index in [1.165, 1.54) is 24.5 Å². The number of ether oxygens (including phenoxy) is 1. The second-order valence-electron chi connectivity index (χ2n) is 4.62. The lowest BCUT2D eigenvalue weighted by molar-refractivity contribution is -0.235. The van der Waals surface area contributed by atoms with Crippen molar-refractivity contribution in [3.05, 3.63) is 30.1 Å². The first-order valence-corrected chi connectivity index (χ1v) is 6.30. The van der Waals surface area contributed by atoms with Crippen LogP contribution in [0.15, 0.2) is 24.5 Å². The number of carboxylic acid groups (broad SMARTS) is 1. The Balaban J connectivity index is 1.99. The van der Waals surface area contributed by atoms with Gasteiger partial charge in [-0.3, -0.25) is 15.2 Å². The summed E-state index contributed by atoms with van der Waals surface area (Å²) in [5, 5.41) is 37.8. The zero-order valence-corrected chi connectivity index (χ0v) is 11.2. The molecule has 1 aromatic heterocycles. The topological polar surface area (TPSA) is 161 Å². The summed E-state index contributed by atoms with van der Waals surface area (Å²) in [6.07, 6.45) is -5.52. The van der Waals surface area contributed by atoms with Gasteiger partial charge in [-0.25, -0.2) is 10.2 Å². The standard InChI is InChI=1S/C12H15N3O7/c16-6-7(17)9(12(20)21)22-11(8(6)18)15-14-10(19)5-1-3-13-4-2-5/h1-4,6-9,11,15-18H,(H,14,19)(H,20,21)/t6-,7-,8+,9-,11+/m0/s1. The molecular formula is C12H15N3O7. The molecule has 10 nitrogen and oxygen atoms in total. The molecule has 1 fully saturated rings. The van der Waals surface area contributed by atoms with E-state index in [-0.39, 0.29) is 5.56 Å². The summed E-state index contributed by atoms with van der Waals surface area (Å²) in [7, 11) is 0. The second kappa shape index (κ2) is 6.77. The van der Waals surface area contributed by atoms with Gasteiger partial charge < -0.3 is 25.2 Å². The molecule has 1 saturated heterocycles. The van der Waals surface area contributed by atoms with Crippen LogP contribution in [-0.4, -0.2) is 67.9 Å². The number of carboxylic acids is 1. The van der Waals surface area contributed by atoms with Gasteiger partial charge in [0.15, 0.2) is 12.3 Å². The second-order valence-corrected chi connectivity index (χ2v) is 4.62. The average Bonchev–Trinajstić information content (AvgIpc) is 2.52. The minimum Gasteiger partial charge on any atom is -0.479 e. The highest BCUT2D eigenvalue weighted by Gasteiger charge is 2.46. The molecule has 5 atom stereocenters. The van der Waals surface area contributed by atoms with E-state index in [0.717, 1.165) is 0 Å². The number of aliphatic hydroxyl groups is 3. The van der Waals surface area contributed by atoms with Gasteiger partial charge in [0, 0.05) is 18.0 Å². The Morgan fingerprint density at radius 2 is 1.73 bits per heavy atom. The molecule has 120 valence electrons. The molecule has 0 radical (unpaired) electrons. The first kappa shape index (κ1) is 16.3. The fourth-order valence-electron chi connectivity index (χ4n) is 1.91. The fourth-order valence-corrected chi connectivity index (χ4v) is 1.91. The number of hydrazine groups is 1. The maximum atomic E-state index is 11.8. The summed E-state index contributed by atoms with van der Waals surface area (Å²) in [6.45, 7) is 0. The van der Waals surface area contributed by atoms with E-state index in [1.54, 1.807) is 0 Å². The van der Waals surface area contributed by atoms with E-state index in [9.17, 15) is 24.9 Å². The molecule has 1 aromatic rings. The molecule has 0 aliphatic carbocycles. The highest BCUT2D eigenvalue weighted by atomic mass is 16.6. The lowest BCUT2D eigenvalue weighted by Crippen LogP contribution is -2.65. The molecule has 22 heavy (non-hydrogen) atoms. The van der Waals surface area contributed by atoms with Gasteiger partial charge in [-0.1, -0.05) is 0 Å². The molecule has 0 unspecified atom stereocenters. The zero-order chi connectivity index (χ0) is 16.3. The molecule has 0 bridgehead atoms. The molecular weight excluding hydrogens is 298 g/mol. The lowest BCUT2D eigenvalue weighted by atomic mass is 9.98. The highest BCUT2D eigenvalue weighted by molar-refractivity contribution is 5.93. The molecule has 1 aliphatic rings. The van der Waals surface area contributed by atoms with Crippen LogP contribution in [0.4, 0.5) is 0 Å². The fraction of sp³-hybridized carbons (Fsp3) is 0.417. The van der Waals surface area contributed by atoms with Gasteiger partial charge >= 0.3 is 5.97 Å². The van der Waals surface area contributed by atoms with E-state index in [4.69, 9.17) is 9.84 Å². The lowest BCUT2D eigenvalue weighted by Gasteiger charge is -2.38. The van der Waals surface area contributed by atoms with Gasteiger partial charge in [0.25, 0.3) is 5.91 Å². The van der Waals surface area contributed by atoms with Crippen LogP contribution >= 0.6 is 0 Å². The Morgan fingerprint density at radius 1 is 1.09 bits per heavy atom. The number of carbonyl (C=O) groups is 2. The largest absolute Gasteiger partial charge is 0.479 e. The van der Waals surface area contributed by atoms with E-state index in [0.29, 0.717) is 0 Å². The van der Waals surface area contributed by atoms with Crippen molar-refractivity contribution in [1.82, 2.24) is 15.8 Å². The first-order chi connectivity index (χ1) is 10.4. The van der Waals surface area contributed by atoms with Crippen LogP contribution in [0.25, 0.3) is 0 Å². The Bertz CT molecular complexity index is 541. The molecule has 10 heteroatoms. The molecule has 0 spiro atoms. The molecule has 0 saturated carbocycles. The predicted molar refractivity (Wildman–Crippen MR) is 69.2 cm³/mol. The molecule has 1 aliphatic heterocycles. The Kier molecular flexibility index (Phi) is 5.00. The van der Waals surface area contributed by atoms with Gasteiger partial charge in [-0.2, -0.15) is 0 Å². The minimum atomic E-state index is -1.79. The number of nitrogens with zero attached hydrogens (tertiary/aromatic N) is 1. The van der Waals surface area contributed by atoms with Gasteiger partial charge in [-0.05, 0) is 12.1 Å². The summed E-state index contributed by atoms with van der Waals surface area (Å²) in [5.74, 6) is -2.09. The van der Waals surface area contributed by atoms with Gasteiger partial charge in [0.2, 0.25) is 0 Å². The number of aliphatic hydroxyl groups excluding tert-OH is 3. The summed E-state index contributed by atoms with van der Waals surface area (Å²) in [6, 6.07) is 2.88. The van der Waals surface area contributed by atoms with Crippen molar-refractivity contribution < 1.29 is 34.8 Å². The van der Waals surface area contributed by atoms with E-state index in [1.807, 2.05) is 0 Å². The van der Waals surface area contributed by atoms with Crippen LogP contribution in [-0.2, 0) is 9.53 Å². The van der Waals surface area contributed by atoms with E-state index in [2.05, 4.69) is 15.8 Å². The predicted octanol–water partition coefficient (Wildman–Crippen LogP) is -2.79. The summed E-state index contributed by atoms with van der Waals surface area (Å²) < 4.78 is 4.93. The number of amides is 1. The average molecular weight is 313 g/mol. The summed E-state index contributed by atoms with van der Waals surface area (Å²) in [4.78, 5) is 26.5. The van der Waals surface area contributed by atoms with Crippen LogP contribution in [0.5, 0.6) is 0 Å². The third-order valence-corrected chi connectivity index (χ3v) is 3.13. The molecule has 1 amide bonds. The molecule has 2 heterocycles. The van der Waals surface area contributed by atoms with Crippen LogP contribution in [0.1, 0.15) is 10.4 Å². The third kappa shape index (κ3) is 3.37. The van der Waals surface area contributed by atoms with Crippen molar-refractivity contribution >= 4 is 11.9 Å². The van der Waals surface area contributed by atoms with Crippen molar-refractivity contribution in [2.45, 2.75) is 30.6 Å². The zero-order valence-electron chi connectivity index (χ0n) is 11.2. The van der Waals surface area contributed by atoms with Crippen LogP contribution in [0.2, 0.25) is 0 Å². The molecule has 6 N–H and O–H groups in total.